The summed E-state index contributed by atoms with van der Waals surface area (Å²) in [4.78, 5) is 1.31. The minimum absolute atomic E-state index is 0.149. The third-order valence-electron chi connectivity index (χ3n) is 3.15. The van der Waals surface area contributed by atoms with Crippen molar-refractivity contribution >= 4 is 34.4 Å². The monoisotopic (exact) mass is 398 g/mol. The van der Waals surface area contributed by atoms with E-state index in [-0.39, 0.29) is 6.04 Å². The largest absolute Gasteiger partial charge is 0.271 e. The van der Waals surface area contributed by atoms with Gasteiger partial charge in [-0.15, -0.1) is 11.8 Å². The second-order valence-corrected chi connectivity index (χ2v) is 7.13. The molecule has 2 aromatic rings. The third kappa shape index (κ3) is 4.48. The molecule has 4 heteroatoms. The highest BCUT2D eigenvalue weighted by molar-refractivity contribution is 14.1. The molecule has 1 unspecified atom stereocenters. The Morgan fingerprint density at radius 2 is 1.75 bits per heavy atom. The van der Waals surface area contributed by atoms with Crippen LogP contribution in [0.25, 0.3) is 0 Å². The van der Waals surface area contributed by atoms with Gasteiger partial charge in [0.15, 0.2) is 0 Å². The summed E-state index contributed by atoms with van der Waals surface area (Å²) in [6.45, 7) is 2.17. The first kappa shape index (κ1) is 15.8. The van der Waals surface area contributed by atoms with E-state index in [1.807, 2.05) is 11.8 Å². The van der Waals surface area contributed by atoms with E-state index in [1.165, 1.54) is 19.6 Å². The van der Waals surface area contributed by atoms with Gasteiger partial charge in [-0.1, -0.05) is 31.2 Å². The van der Waals surface area contributed by atoms with Crippen molar-refractivity contribution in [2.24, 2.45) is 5.84 Å². The van der Waals surface area contributed by atoms with Gasteiger partial charge in [-0.25, -0.2) is 0 Å². The van der Waals surface area contributed by atoms with Crippen molar-refractivity contribution in [2.45, 2.75) is 24.3 Å². The number of nitrogens with two attached hydrogens (primary N) is 1. The molecule has 0 saturated heterocycles. The fourth-order valence-corrected chi connectivity index (χ4v) is 3.11. The highest BCUT2D eigenvalue weighted by atomic mass is 127. The second-order valence-electron chi connectivity index (χ2n) is 4.55. The molecule has 0 aliphatic carbocycles. The zero-order valence-corrected chi connectivity index (χ0v) is 14.4. The van der Waals surface area contributed by atoms with Gasteiger partial charge in [0.25, 0.3) is 0 Å². The first-order valence-electron chi connectivity index (χ1n) is 6.66. The van der Waals surface area contributed by atoms with Crippen LogP contribution in [-0.2, 0) is 6.42 Å². The number of hydrogen-bond acceptors (Lipinski definition) is 3. The van der Waals surface area contributed by atoms with E-state index in [9.17, 15) is 0 Å². The molecule has 3 N–H and O–H groups in total. The molecule has 2 aromatic carbocycles. The number of rotatable bonds is 6. The molecule has 2 rings (SSSR count). The number of benzene rings is 2. The highest BCUT2D eigenvalue weighted by Gasteiger charge is 2.10. The van der Waals surface area contributed by atoms with E-state index in [4.69, 9.17) is 5.84 Å². The van der Waals surface area contributed by atoms with Crippen LogP contribution < -0.4 is 11.3 Å². The summed E-state index contributed by atoms with van der Waals surface area (Å²) < 4.78 is 1.25. The Balaban J connectivity index is 2.09. The lowest BCUT2D eigenvalue weighted by atomic mass is 9.99. The van der Waals surface area contributed by atoms with Crippen molar-refractivity contribution in [3.63, 3.8) is 0 Å². The van der Waals surface area contributed by atoms with E-state index >= 15 is 0 Å². The first-order valence-corrected chi connectivity index (χ1v) is 8.72. The summed E-state index contributed by atoms with van der Waals surface area (Å²) in [6.07, 6.45) is 0.897. The van der Waals surface area contributed by atoms with Crippen LogP contribution in [0, 0.1) is 3.57 Å². The van der Waals surface area contributed by atoms with Gasteiger partial charge >= 0.3 is 0 Å². The molecule has 0 aromatic heterocycles. The van der Waals surface area contributed by atoms with E-state index < -0.39 is 0 Å². The maximum atomic E-state index is 5.72. The molecule has 2 nitrogen and oxygen atoms in total. The number of thioether (sulfide) groups is 1. The van der Waals surface area contributed by atoms with Gasteiger partial charge in [-0.05, 0) is 70.2 Å². The lowest BCUT2D eigenvalue weighted by molar-refractivity contribution is 0.551. The van der Waals surface area contributed by atoms with Crippen molar-refractivity contribution in [3.05, 3.63) is 63.2 Å². The van der Waals surface area contributed by atoms with Crippen LogP contribution in [0.4, 0.5) is 0 Å². The molecule has 0 saturated carbocycles. The average Bonchev–Trinajstić information content (AvgIpc) is 2.48. The van der Waals surface area contributed by atoms with Gasteiger partial charge in [0.2, 0.25) is 0 Å². The Bertz CT molecular complexity index is 525. The van der Waals surface area contributed by atoms with Crippen molar-refractivity contribution in [1.29, 1.82) is 0 Å². The van der Waals surface area contributed by atoms with Gasteiger partial charge in [0, 0.05) is 14.5 Å². The van der Waals surface area contributed by atoms with Crippen LogP contribution in [0.2, 0.25) is 0 Å². The standard InChI is InChI=1S/C16H19IN2S/c1-2-20-15-9-5-13(6-10-15)16(19-18)11-12-3-7-14(17)8-4-12/h3-10,16,19H,2,11,18H2,1H3. The number of hydrazine groups is 1. The molecule has 20 heavy (non-hydrogen) atoms. The maximum Gasteiger partial charge on any atom is 0.0500 e. The van der Waals surface area contributed by atoms with Crippen LogP contribution >= 0.6 is 34.4 Å². The Morgan fingerprint density at radius 3 is 2.30 bits per heavy atom. The quantitative estimate of drug-likeness (QED) is 0.332. The minimum Gasteiger partial charge on any atom is -0.271 e. The van der Waals surface area contributed by atoms with Crippen LogP contribution in [0.15, 0.2) is 53.4 Å². The predicted octanol–water partition coefficient (Wildman–Crippen LogP) is 4.15. The number of hydrogen-bond donors (Lipinski definition) is 2. The van der Waals surface area contributed by atoms with Crippen LogP contribution in [-0.4, -0.2) is 5.75 Å². The Morgan fingerprint density at radius 1 is 1.10 bits per heavy atom. The Labute approximate surface area is 138 Å². The highest BCUT2D eigenvalue weighted by Crippen LogP contribution is 2.23. The van der Waals surface area contributed by atoms with E-state index in [0.717, 1.165) is 12.2 Å². The van der Waals surface area contributed by atoms with E-state index in [1.54, 1.807) is 0 Å². The fourth-order valence-electron chi connectivity index (χ4n) is 2.09. The average molecular weight is 398 g/mol. The minimum atomic E-state index is 0.149. The molecule has 0 spiro atoms. The number of nitrogens with one attached hydrogen (secondary N) is 1. The van der Waals surface area contributed by atoms with Gasteiger partial charge in [-0.2, -0.15) is 0 Å². The van der Waals surface area contributed by atoms with Crippen molar-refractivity contribution < 1.29 is 0 Å². The summed E-state index contributed by atoms with van der Waals surface area (Å²) in [5.41, 5.74) is 5.44. The topological polar surface area (TPSA) is 38.0 Å². The summed E-state index contributed by atoms with van der Waals surface area (Å²) in [5.74, 6) is 6.82. The predicted molar refractivity (Wildman–Crippen MR) is 95.8 cm³/mol. The third-order valence-corrected chi connectivity index (χ3v) is 4.76. The van der Waals surface area contributed by atoms with E-state index in [2.05, 4.69) is 83.5 Å². The molecule has 106 valence electrons. The molecule has 0 amide bonds. The molecule has 0 radical (unpaired) electrons. The SMILES string of the molecule is CCSc1ccc(C(Cc2ccc(I)cc2)NN)cc1. The molecule has 1 atom stereocenters. The number of halogens is 1. The fraction of sp³-hybridized carbons (Fsp3) is 0.250. The molecule has 0 aliphatic heterocycles. The van der Waals surface area contributed by atoms with Crippen LogP contribution in [0.5, 0.6) is 0 Å². The van der Waals surface area contributed by atoms with Gasteiger partial charge in [-0.3, -0.25) is 11.3 Å². The summed E-state index contributed by atoms with van der Waals surface area (Å²) >= 11 is 4.18. The Kier molecular flexibility index (Phi) is 6.35. The summed E-state index contributed by atoms with van der Waals surface area (Å²) in [6, 6.07) is 17.4. The first-order chi connectivity index (χ1) is 9.72. The maximum absolute atomic E-state index is 5.72. The summed E-state index contributed by atoms with van der Waals surface area (Å²) in [5, 5.41) is 0. The van der Waals surface area contributed by atoms with Crippen molar-refractivity contribution in [1.82, 2.24) is 5.43 Å². The Hall–Kier alpha value is -0.560. The van der Waals surface area contributed by atoms with Crippen LogP contribution in [0.3, 0.4) is 0 Å². The second kappa shape index (κ2) is 8.02. The van der Waals surface area contributed by atoms with Gasteiger partial charge in [0.05, 0.1) is 0 Å². The van der Waals surface area contributed by atoms with Gasteiger partial charge in [0.1, 0.15) is 0 Å². The lowest BCUT2D eigenvalue weighted by Gasteiger charge is -2.17. The lowest BCUT2D eigenvalue weighted by Crippen LogP contribution is -2.29. The van der Waals surface area contributed by atoms with Crippen molar-refractivity contribution in [2.75, 3.05) is 5.75 Å². The van der Waals surface area contributed by atoms with Crippen molar-refractivity contribution in [3.8, 4) is 0 Å². The zero-order chi connectivity index (χ0) is 14.4. The zero-order valence-electron chi connectivity index (χ0n) is 11.5. The molecular weight excluding hydrogens is 379 g/mol. The molecular formula is C16H19IN2S. The van der Waals surface area contributed by atoms with Crippen LogP contribution in [0.1, 0.15) is 24.1 Å². The molecule has 0 heterocycles. The smallest absolute Gasteiger partial charge is 0.0500 e. The van der Waals surface area contributed by atoms with E-state index in [0.29, 0.717) is 0 Å². The molecule has 0 bridgehead atoms. The normalized spacial score (nSPS) is 12.3. The molecule has 0 fully saturated rings. The van der Waals surface area contributed by atoms with Gasteiger partial charge < -0.3 is 0 Å². The molecule has 0 aliphatic rings. The summed E-state index contributed by atoms with van der Waals surface area (Å²) in [7, 11) is 0.